The molecule has 0 radical (unpaired) electrons. The van der Waals surface area contributed by atoms with Crippen LogP contribution in [0.15, 0.2) is 0 Å². The van der Waals surface area contributed by atoms with Crippen molar-refractivity contribution in [3.63, 3.8) is 0 Å². The maximum atomic E-state index is 11.7. The van der Waals surface area contributed by atoms with Crippen molar-refractivity contribution in [2.75, 3.05) is 6.54 Å². The highest BCUT2D eigenvalue weighted by atomic mass is 16.2. The molecule has 2 aliphatic rings. The van der Waals surface area contributed by atoms with Crippen LogP contribution in [0.4, 0.5) is 4.79 Å². The summed E-state index contributed by atoms with van der Waals surface area (Å²) in [6.45, 7) is 7.12. The highest BCUT2D eigenvalue weighted by molar-refractivity contribution is 5.75. The summed E-state index contributed by atoms with van der Waals surface area (Å²) < 4.78 is 0. The lowest BCUT2D eigenvalue weighted by Gasteiger charge is -2.29. The first-order valence-electron chi connectivity index (χ1n) is 6.24. The molecule has 1 aliphatic carbocycles. The van der Waals surface area contributed by atoms with Gasteiger partial charge < -0.3 is 16.0 Å². The van der Waals surface area contributed by atoms with Crippen molar-refractivity contribution in [2.45, 2.75) is 57.7 Å². The van der Waals surface area contributed by atoms with Gasteiger partial charge in [-0.3, -0.25) is 0 Å². The van der Waals surface area contributed by atoms with E-state index in [0.29, 0.717) is 12.1 Å². The molecular weight excluding hydrogens is 202 g/mol. The molecule has 0 aromatic heterocycles. The number of hydrogen-bond donors (Lipinski definition) is 3. The second-order valence-electron chi connectivity index (χ2n) is 6.22. The molecule has 4 nitrogen and oxygen atoms in total. The Morgan fingerprint density at radius 1 is 1.25 bits per heavy atom. The van der Waals surface area contributed by atoms with E-state index in [1.165, 1.54) is 6.42 Å². The number of nitrogens with one attached hydrogen (secondary N) is 3. The third kappa shape index (κ3) is 3.11. The predicted octanol–water partition coefficient (Wildman–Crippen LogP) is 1.22. The van der Waals surface area contributed by atoms with Crippen molar-refractivity contribution >= 4 is 6.03 Å². The standard InChI is InChI=1S/C12H23N3O/c1-12(2,3)15-11(16)14-10-5-8-4-9(6-10)13-7-8/h8-10,13H,4-7H2,1-3H3,(H2,14,15,16). The molecule has 3 N–H and O–H groups in total. The van der Waals surface area contributed by atoms with E-state index in [9.17, 15) is 4.79 Å². The minimum Gasteiger partial charge on any atom is -0.335 e. The van der Waals surface area contributed by atoms with Gasteiger partial charge in [0.25, 0.3) is 0 Å². The summed E-state index contributed by atoms with van der Waals surface area (Å²) >= 11 is 0. The van der Waals surface area contributed by atoms with Crippen LogP contribution in [0.25, 0.3) is 0 Å². The van der Waals surface area contributed by atoms with Gasteiger partial charge in [0.2, 0.25) is 0 Å². The van der Waals surface area contributed by atoms with Crippen molar-refractivity contribution in [1.82, 2.24) is 16.0 Å². The molecular formula is C12H23N3O. The number of carbonyl (C=O) groups is 1. The average Bonchev–Trinajstić information content (AvgIpc) is 2.42. The van der Waals surface area contributed by atoms with Gasteiger partial charge in [-0.25, -0.2) is 4.79 Å². The van der Waals surface area contributed by atoms with Gasteiger partial charge in [-0.15, -0.1) is 0 Å². The molecule has 3 atom stereocenters. The van der Waals surface area contributed by atoms with Gasteiger partial charge in [-0.2, -0.15) is 0 Å². The van der Waals surface area contributed by atoms with E-state index in [0.717, 1.165) is 25.3 Å². The Hall–Kier alpha value is -0.770. The zero-order valence-electron chi connectivity index (χ0n) is 10.5. The largest absolute Gasteiger partial charge is 0.335 e. The Morgan fingerprint density at radius 3 is 2.62 bits per heavy atom. The molecule has 2 bridgehead atoms. The lowest BCUT2D eigenvalue weighted by atomic mass is 9.87. The van der Waals surface area contributed by atoms with Crippen LogP contribution in [0.2, 0.25) is 0 Å². The Morgan fingerprint density at radius 2 is 2.00 bits per heavy atom. The lowest BCUT2D eigenvalue weighted by molar-refractivity contribution is 0.220. The number of carbonyl (C=O) groups excluding carboxylic acids is 1. The number of hydrogen-bond acceptors (Lipinski definition) is 2. The predicted molar refractivity (Wildman–Crippen MR) is 64.3 cm³/mol. The molecule has 1 aliphatic heterocycles. The molecule has 2 fully saturated rings. The van der Waals surface area contributed by atoms with Crippen LogP contribution in [0.5, 0.6) is 0 Å². The van der Waals surface area contributed by atoms with Crippen molar-refractivity contribution in [3.05, 3.63) is 0 Å². The van der Waals surface area contributed by atoms with Crippen LogP contribution in [-0.2, 0) is 0 Å². The molecule has 0 aromatic carbocycles. The zero-order valence-corrected chi connectivity index (χ0v) is 10.5. The molecule has 4 heteroatoms. The summed E-state index contributed by atoms with van der Waals surface area (Å²) in [5.74, 6) is 0.763. The van der Waals surface area contributed by atoms with Crippen molar-refractivity contribution in [2.24, 2.45) is 5.92 Å². The maximum Gasteiger partial charge on any atom is 0.315 e. The minimum absolute atomic E-state index is 0.0289. The first-order chi connectivity index (χ1) is 7.42. The van der Waals surface area contributed by atoms with E-state index in [-0.39, 0.29) is 11.6 Å². The molecule has 2 amide bonds. The molecule has 3 unspecified atom stereocenters. The third-order valence-corrected chi connectivity index (χ3v) is 3.32. The summed E-state index contributed by atoms with van der Waals surface area (Å²) in [6.07, 6.45) is 3.49. The number of amides is 2. The van der Waals surface area contributed by atoms with Crippen LogP contribution >= 0.6 is 0 Å². The number of urea groups is 1. The number of rotatable bonds is 1. The zero-order chi connectivity index (χ0) is 11.8. The average molecular weight is 225 g/mol. The second-order valence-corrected chi connectivity index (χ2v) is 6.22. The fourth-order valence-corrected chi connectivity index (χ4v) is 2.78. The SMILES string of the molecule is CC(C)(C)NC(=O)NC1CC2CNC(C2)C1. The summed E-state index contributed by atoms with van der Waals surface area (Å²) in [5.41, 5.74) is -0.157. The van der Waals surface area contributed by atoms with Gasteiger partial charge in [0.05, 0.1) is 0 Å². The Bertz CT molecular complexity index is 260. The normalized spacial score (nSPS) is 33.6. The molecule has 2 rings (SSSR count). The topological polar surface area (TPSA) is 53.2 Å². The quantitative estimate of drug-likeness (QED) is 0.628. The first-order valence-corrected chi connectivity index (χ1v) is 6.24. The van der Waals surface area contributed by atoms with E-state index in [2.05, 4.69) is 16.0 Å². The van der Waals surface area contributed by atoms with Crippen LogP contribution in [0, 0.1) is 5.92 Å². The van der Waals surface area contributed by atoms with Gasteiger partial charge in [-0.1, -0.05) is 0 Å². The van der Waals surface area contributed by atoms with E-state index in [4.69, 9.17) is 0 Å². The highest BCUT2D eigenvalue weighted by Crippen LogP contribution is 2.29. The smallest absolute Gasteiger partial charge is 0.315 e. The van der Waals surface area contributed by atoms with E-state index in [1.807, 2.05) is 20.8 Å². The van der Waals surface area contributed by atoms with Gasteiger partial charge >= 0.3 is 6.03 Å². The highest BCUT2D eigenvalue weighted by Gasteiger charge is 2.34. The maximum absolute atomic E-state index is 11.7. The van der Waals surface area contributed by atoms with Crippen molar-refractivity contribution in [1.29, 1.82) is 0 Å². The molecule has 16 heavy (non-hydrogen) atoms. The summed E-state index contributed by atoms with van der Waals surface area (Å²) in [7, 11) is 0. The Kier molecular flexibility index (Phi) is 3.10. The second kappa shape index (κ2) is 4.24. The Balaban J connectivity index is 1.79. The van der Waals surface area contributed by atoms with Crippen LogP contribution < -0.4 is 16.0 Å². The fourth-order valence-electron chi connectivity index (χ4n) is 2.78. The summed E-state index contributed by atoms with van der Waals surface area (Å²) in [4.78, 5) is 11.7. The van der Waals surface area contributed by atoms with Crippen LogP contribution in [-0.4, -0.2) is 30.2 Å². The van der Waals surface area contributed by atoms with Gasteiger partial charge in [0.15, 0.2) is 0 Å². The molecule has 92 valence electrons. The number of fused-ring (bicyclic) bond motifs is 2. The summed E-state index contributed by atoms with van der Waals surface area (Å²) in [6, 6.07) is 0.943. The molecule has 0 spiro atoms. The van der Waals surface area contributed by atoms with Crippen LogP contribution in [0.1, 0.15) is 40.0 Å². The van der Waals surface area contributed by atoms with E-state index in [1.54, 1.807) is 0 Å². The first kappa shape index (κ1) is 11.7. The minimum atomic E-state index is -0.157. The Labute approximate surface area is 97.6 Å². The molecule has 1 saturated heterocycles. The van der Waals surface area contributed by atoms with E-state index >= 15 is 0 Å². The molecule has 1 saturated carbocycles. The van der Waals surface area contributed by atoms with E-state index < -0.39 is 0 Å². The van der Waals surface area contributed by atoms with Gasteiger partial charge in [0.1, 0.15) is 0 Å². The van der Waals surface area contributed by atoms with Gasteiger partial charge in [-0.05, 0) is 52.5 Å². The van der Waals surface area contributed by atoms with Crippen LogP contribution in [0.3, 0.4) is 0 Å². The fraction of sp³-hybridized carbons (Fsp3) is 0.917. The third-order valence-electron chi connectivity index (χ3n) is 3.32. The molecule has 0 aromatic rings. The lowest BCUT2D eigenvalue weighted by Crippen LogP contribution is -2.51. The molecule has 1 heterocycles. The summed E-state index contributed by atoms with van der Waals surface area (Å²) in [5, 5.41) is 9.53. The van der Waals surface area contributed by atoms with Crippen molar-refractivity contribution < 1.29 is 4.79 Å². The van der Waals surface area contributed by atoms with Gasteiger partial charge in [0, 0.05) is 17.6 Å². The van der Waals surface area contributed by atoms with Crippen molar-refractivity contribution in [3.8, 4) is 0 Å². The monoisotopic (exact) mass is 225 g/mol.